The summed E-state index contributed by atoms with van der Waals surface area (Å²) < 4.78 is 11.2. The molecule has 0 aromatic heterocycles. The van der Waals surface area contributed by atoms with Crippen molar-refractivity contribution in [2.24, 2.45) is 5.92 Å². The Morgan fingerprint density at radius 3 is 2.95 bits per heavy atom. The zero-order valence-corrected chi connectivity index (χ0v) is 12.0. The Hall–Kier alpha value is -1.06. The smallest absolute Gasteiger partial charge is 0.122 e. The Bertz CT molecular complexity index is 375. The predicted molar refractivity (Wildman–Crippen MR) is 77.7 cm³/mol. The largest absolute Gasteiger partial charge is 0.496 e. The van der Waals surface area contributed by atoms with Gasteiger partial charge in [0.2, 0.25) is 0 Å². The third-order valence-electron chi connectivity index (χ3n) is 3.81. The number of para-hydroxylation sites is 1. The van der Waals surface area contributed by atoms with E-state index in [1.54, 1.807) is 7.11 Å². The van der Waals surface area contributed by atoms with Crippen molar-refractivity contribution < 1.29 is 9.47 Å². The first-order valence-corrected chi connectivity index (χ1v) is 7.21. The van der Waals surface area contributed by atoms with E-state index in [1.165, 1.54) is 18.4 Å². The van der Waals surface area contributed by atoms with Gasteiger partial charge in [-0.25, -0.2) is 0 Å². The fourth-order valence-electron chi connectivity index (χ4n) is 2.91. The van der Waals surface area contributed by atoms with E-state index >= 15 is 0 Å². The summed E-state index contributed by atoms with van der Waals surface area (Å²) in [4.78, 5) is 0. The topological polar surface area (TPSA) is 30.5 Å². The van der Waals surface area contributed by atoms with Crippen LogP contribution in [0.3, 0.4) is 0 Å². The summed E-state index contributed by atoms with van der Waals surface area (Å²) in [6, 6.07) is 8.31. The standard InChI is InChI=1S/C16H25NO2/c1-17-12-13(11-15-7-5-9-19-15)10-14-6-3-4-8-16(14)18-2/h3-4,6,8,13,15,17H,5,7,9-12H2,1-2H3. The van der Waals surface area contributed by atoms with Crippen LogP contribution in [0.15, 0.2) is 24.3 Å². The van der Waals surface area contributed by atoms with Gasteiger partial charge < -0.3 is 14.8 Å². The van der Waals surface area contributed by atoms with Crippen molar-refractivity contribution >= 4 is 0 Å². The van der Waals surface area contributed by atoms with Crippen LogP contribution in [0.25, 0.3) is 0 Å². The van der Waals surface area contributed by atoms with Gasteiger partial charge in [0.15, 0.2) is 0 Å². The minimum atomic E-state index is 0.452. The van der Waals surface area contributed by atoms with Crippen molar-refractivity contribution in [2.75, 3.05) is 27.3 Å². The van der Waals surface area contributed by atoms with Crippen LogP contribution in [0.1, 0.15) is 24.8 Å². The summed E-state index contributed by atoms with van der Waals surface area (Å²) in [5.41, 5.74) is 1.29. The van der Waals surface area contributed by atoms with Gasteiger partial charge in [0, 0.05) is 6.61 Å². The monoisotopic (exact) mass is 263 g/mol. The highest BCUT2D eigenvalue weighted by atomic mass is 16.5. The molecule has 2 atom stereocenters. The minimum Gasteiger partial charge on any atom is -0.496 e. The zero-order valence-electron chi connectivity index (χ0n) is 12.0. The summed E-state index contributed by atoms with van der Waals surface area (Å²) in [5.74, 6) is 1.60. The zero-order chi connectivity index (χ0) is 13.5. The number of nitrogens with one attached hydrogen (secondary N) is 1. The summed E-state index contributed by atoms with van der Waals surface area (Å²) in [6.45, 7) is 1.96. The molecule has 2 rings (SSSR count). The number of hydrogen-bond donors (Lipinski definition) is 1. The molecule has 0 saturated carbocycles. The molecule has 106 valence electrons. The molecule has 1 aromatic carbocycles. The molecule has 3 nitrogen and oxygen atoms in total. The third kappa shape index (κ3) is 4.22. The van der Waals surface area contributed by atoms with Crippen LogP contribution in [0, 0.1) is 5.92 Å². The van der Waals surface area contributed by atoms with Crippen molar-refractivity contribution in [1.82, 2.24) is 5.32 Å². The summed E-state index contributed by atoms with van der Waals surface area (Å²) in [5, 5.41) is 3.30. The van der Waals surface area contributed by atoms with Crippen LogP contribution in [0.4, 0.5) is 0 Å². The molecule has 0 spiro atoms. The Labute approximate surface area is 116 Å². The maximum atomic E-state index is 5.77. The molecule has 0 amide bonds. The lowest BCUT2D eigenvalue weighted by molar-refractivity contribution is 0.0894. The molecule has 1 N–H and O–H groups in total. The maximum Gasteiger partial charge on any atom is 0.122 e. The second-order valence-corrected chi connectivity index (χ2v) is 5.31. The van der Waals surface area contributed by atoms with E-state index in [9.17, 15) is 0 Å². The van der Waals surface area contributed by atoms with Crippen LogP contribution in [0.5, 0.6) is 5.75 Å². The van der Waals surface area contributed by atoms with Gasteiger partial charge in [-0.05, 0) is 56.8 Å². The van der Waals surface area contributed by atoms with Gasteiger partial charge in [-0.3, -0.25) is 0 Å². The molecule has 0 aliphatic carbocycles. The van der Waals surface area contributed by atoms with Gasteiger partial charge in [0.25, 0.3) is 0 Å². The SMILES string of the molecule is CNCC(Cc1ccccc1OC)CC1CCCO1. The van der Waals surface area contributed by atoms with Crippen LogP contribution < -0.4 is 10.1 Å². The highest BCUT2D eigenvalue weighted by Crippen LogP contribution is 2.26. The van der Waals surface area contributed by atoms with Crippen molar-refractivity contribution in [3.8, 4) is 5.75 Å². The first-order chi connectivity index (χ1) is 9.33. The summed E-state index contributed by atoms with van der Waals surface area (Å²) in [7, 11) is 3.76. The fraction of sp³-hybridized carbons (Fsp3) is 0.625. The Morgan fingerprint density at radius 1 is 1.42 bits per heavy atom. The second-order valence-electron chi connectivity index (χ2n) is 5.31. The van der Waals surface area contributed by atoms with E-state index in [2.05, 4.69) is 17.4 Å². The molecule has 0 radical (unpaired) electrons. The van der Waals surface area contributed by atoms with E-state index in [0.29, 0.717) is 12.0 Å². The van der Waals surface area contributed by atoms with Crippen LogP contribution in [-0.2, 0) is 11.2 Å². The summed E-state index contributed by atoms with van der Waals surface area (Å²) >= 11 is 0. The average Bonchev–Trinajstić information content (AvgIpc) is 2.92. The van der Waals surface area contributed by atoms with Gasteiger partial charge in [-0.1, -0.05) is 18.2 Å². The van der Waals surface area contributed by atoms with E-state index in [0.717, 1.165) is 31.7 Å². The van der Waals surface area contributed by atoms with Gasteiger partial charge in [0.05, 0.1) is 13.2 Å². The van der Waals surface area contributed by atoms with Gasteiger partial charge in [0.1, 0.15) is 5.75 Å². The van der Waals surface area contributed by atoms with Gasteiger partial charge >= 0.3 is 0 Å². The molecule has 0 bridgehead atoms. The van der Waals surface area contributed by atoms with Crippen molar-refractivity contribution in [2.45, 2.75) is 31.8 Å². The Balaban J connectivity index is 1.98. The number of rotatable bonds is 7. The molecule has 3 heteroatoms. The third-order valence-corrected chi connectivity index (χ3v) is 3.81. The number of methoxy groups -OCH3 is 1. The van der Waals surface area contributed by atoms with Crippen molar-refractivity contribution in [3.63, 3.8) is 0 Å². The van der Waals surface area contributed by atoms with Crippen LogP contribution in [0.2, 0.25) is 0 Å². The molecule has 2 unspecified atom stereocenters. The lowest BCUT2D eigenvalue weighted by atomic mass is 9.92. The highest BCUT2D eigenvalue weighted by molar-refractivity contribution is 5.33. The van der Waals surface area contributed by atoms with E-state index in [4.69, 9.17) is 9.47 Å². The van der Waals surface area contributed by atoms with Gasteiger partial charge in [-0.15, -0.1) is 0 Å². The van der Waals surface area contributed by atoms with Crippen molar-refractivity contribution in [1.29, 1.82) is 0 Å². The number of benzene rings is 1. The van der Waals surface area contributed by atoms with Crippen LogP contribution in [-0.4, -0.2) is 33.4 Å². The lowest BCUT2D eigenvalue weighted by Gasteiger charge is -2.21. The number of ether oxygens (including phenoxy) is 2. The molecular weight excluding hydrogens is 238 g/mol. The first-order valence-electron chi connectivity index (χ1n) is 7.21. The summed E-state index contributed by atoms with van der Waals surface area (Å²) in [6.07, 6.45) is 5.06. The molecule has 1 fully saturated rings. The van der Waals surface area contributed by atoms with Crippen molar-refractivity contribution in [3.05, 3.63) is 29.8 Å². The second kappa shape index (κ2) is 7.51. The Kier molecular flexibility index (Phi) is 5.67. The molecule has 1 aromatic rings. The molecular formula is C16H25NO2. The number of hydrogen-bond acceptors (Lipinski definition) is 3. The minimum absolute atomic E-state index is 0.452. The maximum absolute atomic E-state index is 5.77. The van der Waals surface area contributed by atoms with E-state index in [1.807, 2.05) is 19.2 Å². The molecule has 1 aliphatic rings. The molecule has 1 aliphatic heterocycles. The van der Waals surface area contributed by atoms with Crippen LogP contribution >= 0.6 is 0 Å². The van der Waals surface area contributed by atoms with Gasteiger partial charge in [-0.2, -0.15) is 0 Å². The predicted octanol–water partition coefficient (Wildman–Crippen LogP) is 2.64. The normalized spacial score (nSPS) is 20.4. The quantitative estimate of drug-likeness (QED) is 0.820. The lowest BCUT2D eigenvalue weighted by Crippen LogP contribution is -2.25. The highest BCUT2D eigenvalue weighted by Gasteiger charge is 2.21. The molecule has 1 heterocycles. The van der Waals surface area contributed by atoms with E-state index in [-0.39, 0.29) is 0 Å². The first kappa shape index (κ1) is 14.4. The average molecular weight is 263 g/mol. The fourth-order valence-corrected chi connectivity index (χ4v) is 2.91. The Morgan fingerprint density at radius 2 is 2.26 bits per heavy atom. The molecule has 1 saturated heterocycles. The molecule has 19 heavy (non-hydrogen) atoms. The van der Waals surface area contributed by atoms with E-state index < -0.39 is 0 Å².